The van der Waals surface area contributed by atoms with Gasteiger partial charge in [0.1, 0.15) is 0 Å². The lowest BCUT2D eigenvalue weighted by molar-refractivity contribution is -0.139. The third-order valence-corrected chi connectivity index (χ3v) is 2.47. The summed E-state index contributed by atoms with van der Waals surface area (Å²) in [6.45, 7) is 5.22. The van der Waals surface area contributed by atoms with Crippen LogP contribution in [0.25, 0.3) is 0 Å². The van der Waals surface area contributed by atoms with E-state index in [1.54, 1.807) is 6.92 Å². The Bertz CT molecular complexity index is 544. The Balaban J connectivity index is 2.32. The smallest absolute Gasteiger partial charge is 0.338 e. The zero-order chi connectivity index (χ0) is 15.8. The first-order chi connectivity index (χ1) is 9.91. The van der Waals surface area contributed by atoms with Crippen molar-refractivity contribution in [1.82, 2.24) is 0 Å². The van der Waals surface area contributed by atoms with Gasteiger partial charge >= 0.3 is 17.9 Å². The van der Waals surface area contributed by atoms with Crippen LogP contribution < -0.4 is 0 Å². The number of ether oxygens (including phenoxy) is 2. The first kappa shape index (κ1) is 16.4. The summed E-state index contributed by atoms with van der Waals surface area (Å²) in [6.07, 6.45) is 0.373. The minimum atomic E-state index is -1.06. The molecule has 112 valence electrons. The van der Waals surface area contributed by atoms with E-state index in [9.17, 15) is 14.4 Å². The average Bonchev–Trinajstić information content (AvgIpc) is 2.46. The Morgan fingerprint density at radius 1 is 1.05 bits per heavy atom. The number of carboxylic acids is 1. The van der Waals surface area contributed by atoms with Crippen molar-refractivity contribution < 1.29 is 29.0 Å². The quantitative estimate of drug-likeness (QED) is 0.470. The molecular formula is C15H16O6. The summed E-state index contributed by atoms with van der Waals surface area (Å²) in [5.74, 6) is -2.10. The highest BCUT2D eigenvalue weighted by Crippen LogP contribution is 2.06. The van der Waals surface area contributed by atoms with E-state index in [-0.39, 0.29) is 24.3 Å². The monoisotopic (exact) mass is 292 g/mol. The molecular weight excluding hydrogens is 276 g/mol. The Morgan fingerprint density at radius 3 is 2.10 bits per heavy atom. The molecule has 6 heteroatoms. The van der Waals surface area contributed by atoms with Gasteiger partial charge in [-0.05, 0) is 31.2 Å². The van der Waals surface area contributed by atoms with E-state index < -0.39 is 17.9 Å². The van der Waals surface area contributed by atoms with Crippen LogP contribution in [-0.4, -0.2) is 36.2 Å². The maximum atomic E-state index is 11.6. The minimum absolute atomic E-state index is 0.0956. The van der Waals surface area contributed by atoms with Crippen molar-refractivity contribution in [3.8, 4) is 0 Å². The van der Waals surface area contributed by atoms with Crippen LogP contribution in [0.1, 0.15) is 34.1 Å². The Morgan fingerprint density at radius 2 is 1.57 bits per heavy atom. The van der Waals surface area contributed by atoms with Gasteiger partial charge in [-0.2, -0.15) is 0 Å². The van der Waals surface area contributed by atoms with Crippen LogP contribution in [0.3, 0.4) is 0 Å². The first-order valence-corrected chi connectivity index (χ1v) is 6.25. The number of aromatic carboxylic acids is 1. The fraction of sp³-hybridized carbons (Fsp3) is 0.267. The summed E-state index contributed by atoms with van der Waals surface area (Å²) < 4.78 is 9.81. The topological polar surface area (TPSA) is 89.9 Å². The molecule has 0 aliphatic heterocycles. The van der Waals surface area contributed by atoms with Crippen LogP contribution in [0.2, 0.25) is 0 Å². The van der Waals surface area contributed by atoms with Gasteiger partial charge < -0.3 is 14.6 Å². The molecule has 0 radical (unpaired) electrons. The molecule has 0 atom stereocenters. The number of rotatable bonds is 7. The first-order valence-electron chi connectivity index (χ1n) is 6.25. The number of carboxylic acid groups (broad SMARTS) is 1. The van der Waals surface area contributed by atoms with Gasteiger partial charge in [0, 0.05) is 12.0 Å². The average molecular weight is 292 g/mol. The molecule has 1 N–H and O–H groups in total. The standard InChI is InChI=1S/C15H16O6/c1-10(2)14(18)20-8-3-9-21-15(19)12-6-4-11(5-7-12)13(16)17/h4-7H,1,3,8-9H2,2H3,(H,16,17). The van der Waals surface area contributed by atoms with E-state index in [1.165, 1.54) is 24.3 Å². The molecule has 1 aromatic carbocycles. The van der Waals surface area contributed by atoms with E-state index in [4.69, 9.17) is 14.6 Å². The van der Waals surface area contributed by atoms with E-state index in [0.717, 1.165) is 0 Å². The van der Waals surface area contributed by atoms with Crippen molar-refractivity contribution in [2.45, 2.75) is 13.3 Å². The Kier molecular flexibility index (Phi) is 6.13. The fourth-order valence-corrected chi connectivity index (χ4v) is 1.34. The molecule has 0 amide bonds. The van der Waals surface area contributed by atoms with Gasteiger partial charge in [-0.3, -0.25) is 0 Å². The van der Waals surface area contributed by atoms with Crippen LogP contribution in [0, 0.1) is 0 Å². The normalized spacial score (nSPS) is 9.76. The summed E-state index contributed by atoms with van der Waals surface area (Å²) in [4.78, 5) is 33.4. The van der Waals surface area contributed by atoms with Gasteiger partial charge in [0.2, 0.25) is 0 Å². The second-order valence-corrected chi connectivity index (χ2v) is 4.29. The molecule has 0 unspecified atom stereocenters. The molecule has 0 aliphatic rings. The Hall–Kier alpha value is -2.63. The van der Waals surface area contributed by atoms with Gasteiger partial charge in [0.05, 0.1) is 24.3 Å². The van der Waals surface area contributed by atoms with Crippen molar-refractivity contribution in [2.24, 2.45) is 0 Å². The molecule has 0 saturated heterocycles. The summed E-state index contributed by atoms with van der Waals surface area (Å²) >= 11 is 0. The summed E-state index contributed by atoms with van der Waals surface area (Å²) in [5.41, 5.74) is 0.669. The van der Waals surface area contributed by atoms with Crippen molar-refractivity contribution in [3.63, 3.8) is 0 Å². The van der Waals surface area contributed by atoms with Gasteiger partial charge in [-0.15, -0.1) is 0 Å². The van der Waals surface area contributed by atoms with Crippen molar-refractivity contribution in [1.29, 1.82) is 0 Å². The third kappa shape index (κ3) is 5.48. The lowest BCUT2D eigenvalue weighted by Gasteiger charge is -2.06. The minimum Gasteiger partial charge on any atom is -0.478 e. The molecule has 0 spiro atoms. The van der Waals surface area contributed by atoms with E-state index >= 15 is 0 Å². The predicted octanol–water partition coefficient (Wildman–Crippen LogP) is 2.05. The second-order valence-electron chi connectivity index (χ2n) is 4.29. The highest BCUT2D eigenvalue weighted by atomic mass is 16.5. The van der Waals surface area contributed by atoms with E-state index in [0.29, 0.717) is 12.0 Å². The number of hydrogen-bond acceptors (Lipinski definition) is 5. The van der Waals surface area contributed by atoms with Gasteiger partial charge in [0.25, 0.3) is 0 Å². The second kappa shape index (κ2) is 7.84. The maximum Gasteiger partial charge on any atom is 0.338 e. The van der Waals surface area contributed by atoms with Crippen LogP contribution in [0.15, 0.2) is 36.4 Å². The Labute approximate surface area is 122 Å². The number of benzene rings is 1. The molecule has 1 rings (SSSR count). The number of hydrogen-bond donors (Lipinski definition) is 1. The highest BCUT2D eigenvalue weighted by molar-refractivity contribution is 5.92. The molecule has 0 heterocycles. The summed E-state index contributed by atoms with van der Waals surface area (Å²) in [5, 5.41) is 8.73. The van der Waals surface area contributed by atoms with Crippen molar-refractivity contribution >= 4 is 17.9 Å². The molecule has 0 aliphatic carbocycles. The highest BCUT2D eigenvalue weighted by Gasteiger charge is 2.09. The lowest BCUT2D eigenvalue weighted by Crippen LogP contribution is -2.11. The van der Waals surface area contributed by atoms with Gasteiger partial charge in [0.15, 0.2) is 0 Å². The zero-order valence-corrected chi connectivity index (χ0v) is 11.6. The molecule has 0 fully saturated rings. The fourth-order valence-electron chi connectivity index (χ4n) is 1.34. The van der Waals surface area contributed by atoms with Crippen molar-refractivity contribution in [3.05, 3.63) is 47.5 Å². The third-order valence-electron chi connectivity index (χ3n) is 2.47. The van der Waals surface area contributed by atoms with Crippen LogP contribution in [0.5, 0.6) is 0 Å². The molecule has 21 heavy (non-hydrogen) atoms. The lowest BCUT2D eigenvalue weighted by atomic mass is 10.1. The van der Waals surface area contributed by atoms with Crippen LogP contribution >= 0.6 is 0 Å². The summed E-state index contributed by atoms with van der Waals surface area (Å²) in [6, 6.07) is 5.42. The van der Waals surface area contributed by atoms with Crippen LogP contribution in [-0.2, 0) is 14.3 Å². The molecule has 0 bridgehead atoms. The van der Waals surface area contributed by atoms with Gasteiger partial charge in [-0.1, -0.05) is 6.58 Å². The zero-order valence-electron chi connectivity index (χ0n) is 11.6. The van der Waals surface area contributed by atoms with E-state index in [1.807, 2.05) is 0 Å². The van der Waals surface area contributed by atoms with E-state index in [2.05, 4.69) is 6.58 Å². The summed E-state index contributed by atoms with van der Waals surface area (Å²) in [7, 11) is 0. The molecule has 6 nitrogen and oxygen atoms in total. The maximum absolute atomic E-state index is 11.6. The van der Waals surface area contributed by atoms with Crippen molar-refractivity contribution in [2.75, 3.05) is 13.2 Å². The molecule has 1 aromatic rings. The van der Waals surface area contributed by atoms with Gasteiger partial charge in [-0.25, -0.2) is 14.4 Å². The number of esters is 2. The largest absolute Gasteiger partial charge is 0.478 e. The SMILES string of the molecule is C=C(C)C(=O)OCCCOC(=O)c1ccc(C(=O)O)cc1. The predicted molar refractivity (Wildman–Crippen MR) is 74.1 cm³/mol. The van der Waals surface area contributed by atoms with Crippen LogP contribution in [0.4, 0.5) is 0 Å². The number of carbonyl (C=O) groups excluding carboxylic acids is 2. The molecule has 0 saturated carbocycles. The molecule has 0 aromatic heterocycles. The number of carbonyl (C=O) groups is 3.